The van der Waals surface area contributed by atoms with Gasteiger partial charge in [0.1, 0.15) is 12.3 Å². The molecule has 0 spiro atoms. The molecule has 0 unspecified atom stereocenters. The molecule has 1 heterocycles. The number of methoxy groups -OCH3 is 1. The molecule has 0 aromatic carbocycles. The van der Waals surface area contributed by atoms with Crippen LogP contribution in [0.25, 0.3) is 0 Å². The van der Waals surface area contributed by atoms with E-state index in [-0.39, 0.29) is 18.2 Å². The van der Waals surface area contributed by atoms with Crippen molar-refractivity contribution in [3.8, 4) is 0 Å². The zero-order valence-electron chi connectivity index (χ0n) is 11.1. The number of aryl methyl sites for hydroxylation is 1. The summed E-state index contributed by atoms with van der Waals surface area (Å²) in [7, 11) is 1.30. The minimum atomic E-state index is -0.431. The second-order valence-corrected chi connectivity index (χ2v) is 3.92. The van der Waals surface area contributed by atoms with Crippen molar-refractivity contribution in [2.45, 2.75) is 26.7 Å². The number of rotatable bonds is 6. The second-order valence-electron chi connectivity index (χ2n) is 3.92. The fourth-order valence-electron chi connectivity index (χ4n) is 1.58. The number of hydrogen-bond acceptors (Lipinski definition) is 4. The van der Waals surface area contributed by atoms with Crippen molar-refractivity contribution >= 4 is 11.9 Å². The topological polar surface area (TPSA) is 59.8 Å². The molecule has 1 amide bonds. The molecule has 0 saturated heterocycles. The molecule has 0 N–H and O–H groups in total. The van der Waals surface area contributed by atoms with Crippen LogP contribution in [-0.2, 0) is 16.0 Å². The van der Waals surface area contributed by atoms with Crippen LogP contribution in [0.15, 0.2) is 16.5 Å². The van der Waals surface area contributed by atoms with Crippen molar-refractivity contribution in [3.63, 3.8) is 0 Å². The average Bonchev–Trinajstić information content (AvgIpc) is 2.85. The van der Waals surface area contributed by atoms with Gasteiger partial charge in [-0.25, -0.2) is 0 Å². The molecule has 1 rings (SSSR count). The molecule has 0 aliphatic carbocycles. The van der Waals surface area contributed by atoms with E-state index in [0.717, 1.165) is 18.6 Å². The highest BCUT2D eigenvalue weighted by Crippen LogP contribution is 2.11. The summed E-state index contributed by atoms with van der Waals surface area (Å²) in [5.74, 6) is 0.318. The summed E-state index contributed by atoms with van der Waals surface area (Å²) in [5.41, 5.74) is 0. The highest BCUT2D eigenvalue weighted by molar-refractivity contribution is 5.93. The van der Waals surface area contributed by atoms with Gasteiger partial charge in [0.25, 0.3) is 5.91 Å². The molecule has 0 radical (unpaired) electrons. The number of amides is 1. The summed E-state index contributed by atoms with van der Waals surface area (Å²) in [4.78, 5) is 24.8. The molecule has 0 aliphatic heterocycles. The Bertz CT molecular complexity index is 411. The first-order chi connectivity index (χ1) is 8.62. The van der Waals surface area contributed by atoms with Gasteiger partial charge in [-0.1, -0.05) is 13.8 Å². The number of furan rings is 1. The SMILES string of the molecule is CCCN(CC(=O)OC)C(=O)c1ccc(CC)o1. The molecular formula is C13H19NO4. The Hall–Kier alpha value is -1.78. The second kappa shape index (κ2) is 6.83. The van der Waals surface area contributed by atoms with E-state index in [1.54, 1.807) is 12.1 Å². The lowest BCUT2D eigenvalue weighted by atomic mass is 10.3. The normalized spacial score (nSPS) is 10.2. The van der Waals surface area contributed by atoms with Crippen LogP contribution in [0.3, 0.4) is 0 Å². The Morgan fingerprint density at radius 1 is 1.33 bits per heavy atom. The molecule has 5 nitrogen and oxygen atoms in total. The molecule has 18 heavy (non-hydrogen) atoms. The minimum absolute atomic E-state index is 0.0503. The van der Waals surface area contributed by atoms with Gasteiger partial charge in [-0.15, -0.1) is 0 Å². The lowest BCUT2D eigenvalue weighted by Gasteiger charge is -2.19. The van der Waals surface area contributed by atoms with E-state index >= 15 is 0 Å². The Morgan fingerprint density at radius 2 is 2.06 bits per heavy atom. The third-order valence-electron chi connectivity index (χ3n) is 2.55. The minimum Gasteiger partial charge on any atom is -0.468 e. The van der Waals surface area contributed by atoms with Crippen molar-refractivity contribution in [2.24, 2.45) is 0 Å². The van der Waals surface area contributed by atoms with Gasteiger partial charge in [-0.3, -0.25) is 9.59 Å². The first-order valence-electron chi connectivity index (χ1n) is 6.07. The Labute approximate surface area is 107 Å². The third kappa shape index (κ3) is 3.61. The van der Waals surface area contributed by atoms with Gasteiger partial charge in [0.2, 0.25) is 0 Å². The van der Waals surface area contributed by atoms with E-state index in [1.165, 1.54) is 12.0 Å². The summed E-state index contributed by atoms with van der Waals surface area (Å²) in [5, 5.41) is 0. The largest absolute Gasteiger partial charge is 0.468 e. The van der Waals surface area contributed by atoms with E-state index in [4.69, 9.17) is 4.42 Å². The van der Waals surface area contributed by atoms with Crippen LogP contribution in [0.1, 0.15) is 36.6 Å². The van der Waals surface area contributed by atoms with Crippen LogP contribution >= 0.6 is 0 Å². The average molecular weight is 253 g/mol. The van der Waals surface area contributed by atoms with Crippen molar-refractivity contribution in [1.82, 2.24) is 4.90 Å². The van der Waals surface area contributed by atoms with Crippen LogP contribution in [0.4, 0.5) is 0 Å². The molecule has 100 valence electrons. The van der Waals surface area contributed by atoms with Crippen LogP contribution in [-0.4, -0.2) is 37.0 Å². The maximum atomic E-state index is 12.1. The molecule has 0 bridgehead atoms. The molecule has 0 aliphatic rings. The summed E-state index contributed by atoms with van der Waals surface area (Å²) in [6.07, 6.45) is 1.50. The van der Waals surface area contributed by atoms with Gasteiger partial charge in [-0.2, -0.15) is 0 Å². The quantitative estimate of drug-likeness (QED) is 0.726. The van der Waals surface area contributed by atoms with Gasteiger partial charge >= 0.3 is 5.97 Å². The third-order valence-corrected chi connectivity index (χ3v) is 2.55. The summed E-state index contributed by atoms with van der Waals surface area (Å²) < 4.78 is 9.97. The first kappa shape index (κ1) is 14.3. The number of nitrogens with zero attached hydrogens (tertiary/aromatic N) is 1. The molecule has 0 saturated carbocycles. The molecule has 1 aromatic rings. The summed E-state index contributed by atoms with van der Waals surface area (Å²) in [6, 6.07) is 3.41. The van der Waals surface area contributed by atoms with Crippen molar-refractivity contribution in [2.75, 3.05) is 20.2 Å². The van der Waals surface area contributed by atoms with E-state index in [9.17, 15) is 9.59 Å². The maximum absolute atomic E-state index is 12.1. The van der Waals surface area contributed by atoms with Crippen molar-refractivity contribution in [3.05, 3.63) is 23.7 Å². The summed E-state index contributed by atoms with van der Waals surface area (Å²) in [6.45, 7) is 4.34. The fourth-order valence-corrected chi connectivity index (χ4v) is 1.58. The summed E-state index contributed by atoms with van der Waals surface area (Å²) >= 11 is 0. The molecule has 0 atom stereocenters. The van der Waals surface area contributed by atoms with Crippen molar-refractivity contribution < 1.29 is 18.7 Å². The smallest absolute Gasteiger partial charge is 0.325 e. The van der Waals surface area contributed by atoms with E-state index in [1.807, 2.05) is 13.8 Å². The molecule has 5 heteroatoms. The lowest BCUT2D eigenvalue weighted by Crippen LogP contribution is -2.36. The lowest BCUT2D eigenvalue weighted by molar-refractivity contribution is -0.141. The fraction of sp³-hybridized carbons (Fsp3) is 0.538. The predicted molar refractivity (Wildman–Crippen MR) is 66.3 cm³/mol. The standard InChI is InChI=1S/C13H19NO4/c1-4-8-14(9-12(15)17-3)13(16)11-7-6-10(5-2)18-11/h6-7H,4-5,8-9H2,1-3H3. The van der Waals surface area contributed by atoms with Gasteiger partial charge in [0.05, 0.1) is 7.11 Å². The molecule has 1 aromatic heterocycles. The molecular weight excluding hydrogens is 234 g/mol. The highest BCUT2D eigenvalue weighted by atomic mass is 16.5. The van der Waals surface area contributed by atoms with Gasteiger partial charge in [0.15, 0.2) is 5.76 Å². The van der Waals surface area contributed by atoms with Crippen LogP contribution in [0.5, 0.6) is 0 Å². The van der Waals surface area contributed by atoms with E-state index in [0.29, 0.717) is 6.54 Å². The zero-order valence-corrected chi connectivity index (χ0v) is 11.1. The number of esters is 1. The monoisotopic (exact) mass is 253 g/mol. The predicted octanol–water partition coefficient (Wildman–Crippen LogP) is 1.87. The van der Waals surface area contributed by atoms with E-state index in [2.05, 4.69) is 4.74 Å². The van der Waals surface area contributed by atoms with Crippen molar-refractivity contribution in [1.29, 1.82) is 0 Å². The number of carbonyl (C=O) groups is 2. The first-order valence-corrected chi connectivity index (χ1v) is 6.07. The van der Waals surface area contributed by atoms with Crippen LogP contribution in [0, 0.1) is 0 Å². The molecule has 0 fully saturated rings. The highest BCUT2D eigenvalue weighted by Gasteiger charge is 2.21. The van der Waals surface area contributed by atoms with Gasteiger partial charge < -0.3 is 14.1 Å². The van der Waals surface area contributed by atoms with E-state index < -0.39 is 5.97 Å². The number of hydrogen-bond donors (Lipinski definition) is 0. The Balaban J connectivity index is 2.78. The Morgan fingerprint density at radius 3 is 2.56 bits per heavy atom. The van der Waals surface area contributed by atoms with Crippen LogP contribution in [0.2, 0.25) is 0 Å². The number of ether oxygens (including phenoxy) is 1. The zero-order chi connectivity index (χ0) is 13.5. The van der Waals surface area contributed by atoms with Crippen LogP contribution < -0.4 is 0 Å². The maximum Gasteiger partial charge on any atom is 0.325 e. The van der Waals surface area contributed by atoms with Gasteiger partial charge in [0, 0.05) is 13.0 Å². The number of carbonyl (C=O) groups excluding carboxylic acids is 2. The Kier molecular flexibility index (Phi) is 5.42. The van der Waals surface area contributed by atoms with Gasteiger partial charge in [-0.05, 0) is 18.6 Å².